The lowest BCUT2D eigenvalue weighted by atomic mass is 10.1. The molecule has 2 fully saturated rings. The predicted octanol–water partition coefficient (Wildman–Crippen LogP) is 1.24. The number of hydrogen-bond donors (Lipinski definition) is 2. The smallest absolute Gasteiger partial charge is 0.322 e. The number of carbonyl (C=O) groups is 1. The number of anilines is 1. The van der Waals surface area contributed by atoms with Gasteiger partial charge in [0.05, 0.1) is 19.4 Å². The van der Waals surface area contributed by atoms with Gasteiger partial charge in [0.2, 0.25) is 10.0 Å². The standard InChI is InChI=1S/C15H21N3O4S/c1-22-12-5-3-4-11(8-12)16-15(19)18-9-10-6-13(14(18)7-10)17-23(2,20)21/h3-5,8,10,13-14,17H,6-7,9H2,1-2H3,(H,16,19)/t10-,13+,14-/m1/s1. The van der Waals surface area contributed by atoms with Gasteiger partial charge in [0.15, 0.2) is 0 Å². The van der Waals surface area contributed by atoms with E-state index in [4.69, 9.17) is 4.74 Å². The van der Waals surface area contributed by atoms with Crippen molar-refractivity contribution in [3.8, 4) is 5.75 Å². The maximum Gasteiger partial charge on any atom is 0.322 e. The summed E-state index contributed by atoms with van der Waals surface area (Å²) in [6.07, 6.45) is 2.79. The van der Waals surface area contributed by atoms with Crippen molar-refractivity contribution in [1.82, 2.24) is 9.62 Å². The van der Waals surface area contributed by atoms with Crippen molar-refractivity contribution in [3.63, 3.8) is 0 Å². The zero-order valence-electron chi connectivity index (χ0n) is 13.2. The summed E-state index contributed by atoms with van der Waals surface area (Å²) in [5, 5.41) is 2.86. The maximum atomic E-state index is 12.5. The third-order valence-corrected chi connectivity index (χ3v) is 5.16. The van der Waals surface area contributed by atoms with Crippen LogP contribution in [0.3, 0.4) is 0 Å². The number of rotatable bonds is 4. The Balaban J connectivity index is 1.68. The topological polar surface area (TPSA) is 87.7 Å². The van der Waals surface area contributed by atoms with Crippen LogP contribution in [0.5, 0.6) is 5.75 Å². The molecule has 2 aliphatic rings. The van der Waals surface area contributed by atoms with E-state index >= 15 is 0 Å². The lowest BCUT2D eigenvalue weighted by molar-refractivity contribution is 0.183. The van der Waals surface area contributed by atoms with Crippen LogP contribution in [-0.4, -0.2) is 51.3 Å². The highest BCUT2D eigenvalue weighted by Crippen LogP contribution is 2.38. The van der Waals surface area contributed by atoms with Crippen LogP contribution in [-0.2, 0) is 10.0 Å². The maximum absolute atomic E-state index is 12.5. The fraction of sp³-hybridized carbons (Fsp3) is 0.533. The number of urea groups is 1. The molecule has 1 heterocycles. The number of likely N-dealkylation sites (tertiary alicyclic amines) is 1. The molecule has 1 saturated heterocycles. The summed E-state index contributed by atoms with van der Waals surface area (Å²) in [4.78, 5) is 14.2. The Morgan fingerprint density at radius 2 is 2.13 bits per heavy atom. The van der Waals surface area contributed by atoms with Gasteiger partial charge in [-0.3, -0.25) is 0 Å². The highest BCUT2D eigenvalue weighted by atomic mass is 32.2. The van der Waals surface area contributed by atoms with E-state index in [0.29, 0.717) is 23.9 Å². The molecule has 1 saturated carbocycles. The molecule has 8 heteroatoms. The summed E-state index contributed by atoms with van der Waals surface area (Å²) < 4.78 is 30.7. The summed E-state index contributed by atoms with van der Waals surface area (Å²) in [6.45, 7) is 0.669. The minimum atomic E-state index is -3.27. The Morgan fingerprint density at radius 1 is 1.35 bits per heavy atom. The first-order chi connectivity index (χ1) is 10.9. The third-order valence-electron chi connectivity index (χ3n) is 4.43. The molecule has 1 aliphatic heterocycles. The number of nitrogens with one attached hydrogen (secondary N) is 2. The van der Waals surface area contributed by atoms with E-state index in [1.54, 1.807) is 36.3 Å². The minimum Gasteiger partial charge on any atom is -0.497 e. The third kappa shape index (κ3) is 3.59. The van der Waals surface area contributed by atoms with Gasteiger partial charge in [-0.05, 0) is 30.9 Å². The van der Waals surface area contributed by atoms with E-state index in [9.17, 15) is 13.2 Å². The fourth-order valence-corrected chi connectivity index (χ4v) is 4.36. The molecular formula is C15H21N3O4S. The second kappa shape index (κ2) is 6.01. The predicted molar refractivity (Wildman–Crippen MR) is 87.0 cm³/mol. The van der Waals surface area contributed by atoms with E-state index in [2.05, 4.69) is 10.0 Å². The molecule has 0 unspecified atom stereocenters. The minimum absolute atomic E-state index is 0.0830. The average Bonchev–Trinajstić information content (AvgIpc) is 3.05. The van der Waals surface area contributed by atoms with E-state index < -0.39 is 10.0 Å². The number of nitrogens with zero attached hydrogens (tertiary/aromatic N) is 1. The Labute approximate surface area is 136 Å². The van der Waals surface area contributed by atoms with E-state index in [-0.39, 0.29) is 18.1 Å². The van der Waals surface area contributed by atoms with Crippen LogP contribution in [0.2, 0.25) is 0 Å². The summed E-state index contributed by atoms with van der Waals surface area (Å²) in [6, 6.07) is 6.67. The van der Waals surface area contributed by atoms with E-state index in [1.807, 2.05) is 0 Å². The molecule has 1 aromatic rings. The molecule has 0 radical (unpaired) electrons. The Hall–Kier alpha value is -1.80. The molecule has 126 valence electrons. The van der Waals surface area contributed by atoms with Crippen molar-refractivity contribution in [1.29, 1.82) is 0 Å². The van der Waals surface area contributed by atoms with Crippen molar-refractivity contribution < 1.29 is 17.9 Å². The van der Waals surface area contributed by atoms with E-state index in [1.165, 1.54) is 0 Å². The number of carbonyl (C=O) groups excluding carboxylic acids is 1. The molecule has 1 aromatic carbocycles. The van der Waals surface area contributed by atoms with Gasteiger partial charge in [0.25, 0.3) is 0 Å². The Morgan fingerprint density at radius 3 is 2.78 bits per heavy atom. The van der Waals surface area contributed by atoms with Crippen molar-refractivity contribution in [3.05, 3.63) is 24.3 Å². The average molecular weight is 339 g/mol. The van der Waals surface area contributed by atoms with Crippen LogP contribution in [0.1, 0.15) is 12.8 Å². The number of fused-ring (bicyclic) bond motifs is 2. The quantitative estimate of drug-likeness (QED) is 0.864. The van der Waals surface area contributed by atoms with Gasteiger partial charge in [0, 0.05) is 24.3 Å². The normalized spacial score (nSPS) is 26.3. The van der Waals surface area contributed by atoms with Crippen LogP contribution in [0.15, 0.2) is 24.3 Å². The summed E-state index contributed by atoms with van der Waals surface area (Å²) in [5.41, 5.74) is 0.657. The Bertz CT molecular complexity index is 706. The Kier molecular flexibility index (Phi) is 4.20. The van der Waals surface area contributed by atoms with Gasteiger partial charge in [-0.2, -0.15) is 0 Å². The van der Waals surface area contributed by atoms with Gasteiger partial charge in [0.1, 0.15) is 5.75 Å². The van der Waals surface area contributed by atoms with Gasteiger partial charge < -0.3 is 15.0 Å². The zero-order chi connectivity index (χ0) is 16.6. The van der Waals surface area contributed by atoms with Crippen LogP contribution in [0.25, 0.3) is 0 Å². The number of amides is 2. The highest BCUT2D eigenvalue weighted by molar-refractivity contribution is 7.88. The highest BCUT2D eigenvalue weighted by Gasteiger charge is 2.47. The number of methoxy groups -OCH3 is 1. The molecule has 7 nitrogen and oxygen atoms in total. The van der Waals surface area contributed by atoms with Gasteiger partial charge >= 0.3 is 6.03 Å². The first-order valence-corrected chi connectivity index (χ1v) is 9.44. The largest absolute Gasteiger partial charge is 0.497 e. The molecule has 2 N–H and O–H groups in total. The molecule has 23 heavy (non-hydrogen) atoms. The molecule has 1 aliphatic carbocycles. The second-order valence-corrected chi connectivity index (χ2v) is 8.00. The molecule has 3 rings (SSSR count). The molecule has 2 bridgehead atoms. The molecule has 0 aromatic heterocycles. The first-order valence-electron chi connectivity index (χ1n) is 7.54. The second-order valence-electron chi connectivity index (χ2n) is 6.22. The van der Waals surface area contributed by atoms with Crippen molar-refractivity contribution >= 4 is 21.7 Å². The van der Waals surface area contributed by atoms with Gasteiger partial charge in [-0.1, -0.05) is 6.07 Å². The fourth-order valence-electron chi connectivity index (χ4n) is 3.56. The van der Waals surface area contributed by atoms with Crippen LogP contribution in [0, 0.1) is 5.92 Å². The summed E-state index contributed by atoms with van der Waals surface area (Å²) in [5.74, 6) is 1.03. The van der Waals surface area contributed by atoms with E-state index in [0.717, 1.165) is 19.1 Å². The molecular weight excluding hydrogens is 318 g/mol. The number of hydrogen-bond acceptors (Lipinski definition) is 4. The lowest BCUT2D eigenvalue weighted by Crippen LogP contribution is -2.52. The van der Waals surface area contributed by atoms with Crippen LogP contribution < -0.4 is 14.8 Å². The first kappa shape index (κ1) is 16.1. The van der Waals surface area contributed by atoms with Gasteiger partial charge in [-0.25, -0.2) is 17.9 Å². The molecule has 0 spiro atoms. The van der Waals surface area contributed by atoms with Crippen molar-refractivity contribution in [2.75, 3.05) is 25.2 Å². The molecule has 3 atom stereocenters. The number of benzene rings is 1. The zero-order valence-corrected chi connectivity index (χ0v) is 14.0. The summed E-state index contributed by atoms with van der Waals surface area (Å²) >= 11 is 0. The van der Waals surface area contributed by atoms with Crippen molar-refractivity contribution in [2.45, 2.75) is 24.9 Å². The van der Waals surface area contributed by atoms with Crippen molar-refractivity contribution in [2.24, 2.45) is 5.92 Å². The number of sulfonamides is 1. The van der Waals surface area contributed by atoms with Crippen LogP contribution in [0.4, 0.5) is 10.5 Å². The number of piperidine rings is 1. The van der Waals surface area contributed by atoms with Crippen LogP contribution >= 0.6 is 0 Å². The monoisotopic (exact) mass is 339 g/mol. The van der Waals surface area contributed by atoms with Gasteiger partial charge in [-0.15, -0.1) is 0 Å². The molecule has 2 amide bonds. The summed E-state index contributed by atoms with van der Waals surface area (Å²) in [7, 11) is -1.70. The number of ether oxygens (including phenoxy) is 1. The SMILES string of the molecule is COc1cccc(NC(=O)N2C[C@@H]3C[C@H](NS(C)(=O)=O)[C@H]2C3)c1. The lowest BCUT2D eigenvalue weighted by Gasteiger charge is -2.33.